The average Bonchev–Trinajstić information content (AvgIpc) is 3.46. The number of carbonyl (C=O) groups excluding carboxylic acids is 1. The molecule has 0 aliphatic carbocycles. The molecule has 2 aliphatic rings. The number of amides is 2. The molecule has 9 nitrogen and oxygen atoms in total. The second-order valence-electron chi connectivity index (χ2n) is 8.72. The molecule has 0 aromatic carbocycles. The van der Waals surface area contributed by atoms with Crippen molar-refractivity contribution in [2.75, 3.05) is 28.2 Å². The lowest BCUT2D eigenvalue weighted by molar-refractivity contribution is 0.254. The third kappa shape index (κ3) is 3.55. The van der Waals surface area contributed by atoms with Crippen molar-refractivity contribution in [1.82, 2.24) is 24.7 Å². The van der Waals surface area contributed by atoms with Gasteiger partial charge in [-0.05, 0) is 55.8 Å². The SMILES string of the molecule is Cc1cc(-c2ccc3c(n2)N(C(=O)Nc2cc(-c4ccn(C)n4)ccn2)[C@H]2CCN3C2)ccn1. The molecule has 34 heavy (non-hydrogen) atoms. The molecule has 6 heterocycles. The van der Waals surface area contributed by atoms with Gasteiger partial charge in [0.15, 0.2) is 5.82 Å². The number of hydrogen-bond donors (Lipinski definition) is 1. The second kappa shape index (κ2) is 7.95. The lowest BCUT2D eigenvalue weighted by atomic mass is 10.1. The van der Waals surface area contributed by atoms with Crippen LogP contribution in [0.5, 0.6) is 0 Å². The number of pyridine rings is 3. The van der Waals surface area contributed by atoms with Crippen LogP contribution in [-0.2, 0) is 7.05 Å². The van der Waals surface area contributed by atoms with Gasteiger partial charge in [-0.3, -0.25) is 19.9 Å². The maximum absolute atomic E-state index is 13.6. The monoisotopic (exact) mass is 452 g/mol. The Labute approximate surface area is 197 Å². The molecule has 4 aromatic heterocycles. The lowest BCUT2D eigenvalue weighted by Gasteiger charge is -2.35. The summed E-state index contributed by atoms with van der Waals surface area (Å²) < 4.78 is 1.75. The standard InChI is InChI=1S/C25H24N8O/c1-16-13-17(5-9-26-16)20-3-4-22-24(28-20)33(19-7-12-32(22)15-19)25(34)29-23-14-18(6-10-27-23)21-8-11-31(2)30-21/h3-6,8-11,13-14,19H,7,12,15H2,1-2H3,(H,27,29,34)/t19-/m0/s1. The molecule has 0 spiro atoms. The van der Waals surface area contributed by atoms with Crippen molar-refractivity contribution in [3.05, 3.63) is 66.7 Å². The molecule has 1 N–H and O–H groups in total. The number of anilines is 3. The molecule has 170 valence electrons. The quantitative estimate of drug-likeness (QED) is 0.507. The predicted molar refractivity (Wildman–Crippen MR) is 131 cm³/mol. The Kier molecular flexibility index (Phi) is 4.75. The van der Waals surface area contributed by atoms with Gasteiger partial charge in [0.2, 0.25) is 0 Å². The Balaban J connectivity index is 1.33. The second-order valence-corrected chi connectivity index (χ2v) is 8.72. The molecule has 2 bridgehead atoms. The minimum atomic E-state index is -0.228. The molecule has 0 unspecified atom stereocenters. The van der Waals surface area contributed by atoms with Crippen molar-refractivity contribution in [2.45, 2.75) is 19.4 Å². The number of fused-ring (bicyclic) bond motifs is 4. The van der Waals surface area contributed by atoms with E-state index in [1.54, 1.807) is 22.0 Å². The van der Waals surface area contributed by atoms with Crippen molar-refractivity contribution < 1.29 is 4.79 Å². The zero-order chi connectivity index (χ0) is 23.2. The summed E-state index contributed by atoms with van der Waals surface area (Å²) in [5, 5.41) is 7.44. The van der Waals surface area contributed by atoms with E-state index in [9.17, 15) is 4.79 Å². The highest BCUT2D eigenvalue weighted by molar-refractivity contribution is 6.04. The fourth-order valence-electron chi connectivity index (χ4n) is 4.73. The molecule has 9 heteroatoms. The summed E-state index contributed by atoms with van der Waals surface area (Å²) in [6.07, 6.45) is 6.25. The van der Waals surface area contributed by atoms with Gasteiger partial charge in [-0.1, -0.05) is 0 Å². The van der Waals surface area contributed by atoms with E-state index in [0.717, 1.165) is 53.4 Å². The summed E-state index contributed by atoms with van der Waals surface area (Å²) in [6.45, 7) is 3.67. The topological polar surface area (TPSA) is 92.1 Å². The van der Waals surface area contributed by atoms with Gasteiger partial charge in [0.1, 0.15) is 5.82 Å². The van der Waals surface area contributed by atoms with E-state index in [-0.39, 0.29) is 12.1 Å². The Morgan fingerprint density at radius 2 is 1.85 bits per heavy atom. The van der Waals surface area contributed by atoms with Gasteiger partial charge in [0, 0.05) is 55.5 Å². The average molecular weight is 453 g/mol. The van der Waals surface area contributed by atoms with Crippen molar-refractivity contribution in [3.63, 3.8) is 0 Å². The molecule has 4 aromatic rings. The summed E-state index contributed by atoms with van der Waals surface area (Å²) in [5.74, 6) is 1.16. The van der Waals surface area contributed by atoms with Crippen molar-refractivity contribution >= 4 is 23.4 Å². The van der Waals surface area contributed by atoms with Crippen LogP contribution in [0.1, 0.15) is 12.1 Å². The van der Waals surface area contributed by atoms with Crippen LogP contribution < -0.4 is 15.1 Å². The first-order valence-electron chi connectivity index (χ1n) is 11.3. The lowest BCUT2D eigenvalue weighted by Crippen LogP contribution is -2.48. The first-order chi connectivity index (χ1) is 16.5. The van der Waals surface area contributed by atoms with Crippen LogP contribution in [0.25, 0.3) is 22.5 Å². The molecule has 1 saturated heterocycles. The fourth-order valence-corrected chi connectivity index (χ4v) is 4.73. The number of rotatable bonds is 3. The number of hydrogen-bond acceptors (Lipinski definition) is 6. The molecular weight excluding hydrogens is 428 g/mol. The van der Waals surface area contributed by atoms with Crippen molar-refractivity contribution in [1.29, 1.82) is 0 Å². The zero-order valence-corrected chi connectivity index (χ0v) is 19.0. The number of aromatic nitrogens is 5. The highest BCUT2D eigenvalue weighted by Crippen LogP contribution is 2.40. The Morgan fingerprint density at radius 1 is 1.03 bits per heavy atom. The smallest absolute Gasteiger partial charge is 0.329 e. The maximum Gasteiger partial charge on any atom is 0.329 e. The highest BCUT2D eigenvalue weighted by atomic mass is 16.2. The van der Waals surface area contributed by atoms with Crippen LogP contribution in [0, 0.1) is 6.92 Å². The van der Waals surface area contributed by atoms with E-state index in [4.69, 9.17) is 4.98 Å². The van der Waals surface area contributed by atoms with Gasteiger partial charge >= 0.3 is 6.03 Å². The normalized spacial score (nSPS) is 16.5. The first kappa shape index (κ1) is 20.3. The maximum atomic E-state index is 13.6. The van der Waals surface area contributed by atoms with Gasteiger partial charge in [-0.15, -0.1) is 0 Å². The largest absolute Gasteiger partial charge is 0.366 e. The number of aryl methyl sites for hydroxylation is 2. The third-order valence-corrected chi connectivity index (χ3v) is 6.37. The van der Waals surface area contributed by atoms with E-state index in [2.05, 4.69) is 31.3 Å². The van der Waals surface area contributed by atoms with E-state index < -0.39 is 0 Å². The Morgan fingerprint density at radius 3 is 2.65 bits per heavy atom. The molecule has 0 saturated carbocycles. The number of urea groups is 1. The minimum Gasteiger partial charge on any atom is -0.366 e. The fraction of sp³-hybridized carbons (Fsp3) is 0.240. The Bertz CT molecular complexity index is 1400. The summed E-state index contributed by atoms with van der Waals surface area (Å²) >= 11 is 0. The van der Waals surface area contributed by atoms with Gasteiger partial charge in [0.25, 0.3) is 0 Å². The molecule has 1 atom stereocenters. The summed E-state index contributed by atoms with van der Waals surface area (Å²) in [4.78, 5) is 31.3. The zero-order valence-electron chi connectivity index (χ0n) is 19.0. The van der Waals surface area contributed by atoms with Gasteiger partial charge in [0.05, 0.1) is 23.1 Å². The molecule has 2 aliphatic heterocycles. The minimum absolute atomic E-state index is 0.0633. The van der Waals surface area contributed by atoms with E-state index in [0.29, 0.717) is 11.6 Å². The van der Waals surface area contributed by atoms with Crippen molar-refractivity contribution in [2.24, 2.45) is 7.05 Å². The summed E-state index contributed by atoms with van der Waals surface area (Å²) in [7, 11) is 1.88. The third-order valence-electron chi connectivity index (χ3n) is 6.37. The molecule has 1 fully saturated rings. The van der Waals surface area contributed by atoms with Crippen LogP contribution >= 0.6 is 0 Å². The molecule has 0 radical (unpaired) electrons. The molecular formula is C25H24N8O. The van der Waals surface area contributed by atoms with Crippen LogP contribution in [0.2, 0.25) is 0 Å². The molecule has 6 rings (SSSR count). The van der Waals surface area contributed by atoms with Crippen LogP contribution in [0.4, 0.5) is 22.1 Å². The highest BCUT2D eigenvalue weighted by Gasteiger charge is 2.40. The number of carbonyl (C=O) groups is 1. The van der Waals surface area contributed by atoms with E-state index in [1.807, 2.05) is 56.6 Å². The van der Waals surface area contributed by atoms with Gasteiger partial charge in [-0.25, -0.2) is 14.8 Å². The van der Waals surface area contributed by atoms with Gasteiger partial charge in [-0.2, -0.15) is 5.10 Å². The van der Waals surface area contributed by atoms with Gasteiger partial charge < -0.3 is 4.90 Å². The summed E-state index contributed by atoms with van der Waals surface area (Å²) in [5.41, 5.74) is 5.43. The van der Waals surface area contributed by atoms with Crippen LogP contribution in [-0.4, -0.2) is 49.9 Å². The predicted octanol–water partition coefficient (Wildman–Crippen LogP) is 3.88. The Hall–Kier alpha value is -4.27. The number of nitrogens with one attached hydrogen (secondary N) is 1. The van der Waals surface area contributed by atoms with Crippen molar-refractivity contribution in [3.8, 4) is 22.5 Å². The summed E-state index contributed by atoms with van der Waals surface area (Å²) in [6, 6.07) is 13.5. The van der Waals surface area contributed by atoms with Crippen LogP contribution in [0.15, 0.2) is 61.1 Å². The van der Waals surface area contributed by atoms with E-state index >= 15 is 0 Å². The number of nitrogens with zero attached hydrogens (tertiary/aromatic N) is 7. The van der Waals surface area contributed by atoms with E-state index in [1.165, 1.54) is 0 Å². The van der Waals surface area contributed by atoms with Crippen LogP contribution in [0.3, 0.4) is 0 Å². The first-order valence-corrected chi connectivity index (χ1v) is 11.3. The molecule has 2 amide bonds.